The fourth-order valence-electron chi connectivity index (χ4n) is 2.65. The third-order valence-electron chi connectivity index (χ3n) is 4.14. The van der Waals surface area contributed by atoms with Crippen LogP contribution in [0.1, 0.15) is 18.1 Å². The molecule has 0 radical (unpaired) electrons. The number of alkyl halides is 3. The van der Waals surface area contributed by atoms with E-state index in [-0.39, 0.29) is 11.7 Å². The number of carbonyl (C=O) groups excluding carboxylic acids is 1. The van der Waals surface area contributed by atoms with E-state index in [0.717, 1.165) is 40.7 Å². The maximum Gasteiger partial charge on any atom is 0.573 e. The monoisotopic (exact) mass is 437 g/mol. The predicted octanol–water partition coefficient (Wildman–Crippen LogP) is 4.30. The van der Waals surface area contributed by atoms with Gasteiger partial charge in [0.2, 0.25) is 11.1 Å². The molecule has 0 aliphatic carbocycles. The Morgan fingerprint density at radius 1 is 1.13 bits per heavy atom. The zero-order chi connectivity index (χ0) is 21.9. The lowest BCUT2D eigenvalue weighted by molar-refractivity contribution is -0.274. The molecule has 0 aliphatic rings. The summed E-state index contributed by atoms with van der Waals surface area (Å²) in [4.78, 5) is 12.6. The Morgan fingerprint density at radius 2 is 1.77 bits per heavy atom. The minimum atomic E-state index is -4.77. The fourth-order valence-corrected chi connectivity index (χ4v) is 3.46. The van der Waals surface area contributed by atoms with Crippen molar-refractivity contribution in [1.82, 2.24) is 20.2 Å². The number of benzene rings is 2. The number of ether oxygens (including phenoxy) is 1. The van der Waals surface area contributed by atoms with E-state index in [1.54, 1.807) is 6.92 Å². The van der Waals surface area contributed by atoms with Gasteiger partial charge in [0.25, 0.3) is 0 Å². The van der Waals surface area contributed by atoms with Crippen LogP contribution >= 0.6 is 11.8 Å². The highest BCUT2D eigenvalue weighted by atomic mass is 32.2. The van der Waals surface area contributed by atoms with E-state index in [0.29, 0.717) is 10.8 Å². The lowest BCUT2D eigenvalue weighted by Crippen LogP contribution is -2.23. The Balaban J connectivity index is 1.71. The van der Waals surface area contributed by atoms with Crippen molar-refractivity contribution in [2.75, 3.05) is 5.32 Å². The zero-order valence-electron chi connectivity index (χ0n) is 16.3. The summed E-state index contributed by atoms with van der Waals surface area (Å²) in [6, 6.07) is 10.8. The number of aryl methyl sites for hydroxylation is 2. The van der Waals surface area contributed by atoms with Crippen LogP contribution < -0.4 is 10.1 Å². The van der Waals surface area contributed by atoms with Crippen molar-refractivity contribution < 1.29 is 22.7 Å². The number of anilines is 1. The topological polar surface area (TPSA) is 81.9 Å². The molecule has 1 N–H and O–H groups in total. The van der Waals surface area contributed by atoms with Crippen molar-refractivity contribution in [1.29, 1.82) is 0 Å². The summed E-state index contributed by atoms with van der Waals surface area (Å²) >= 11 is 1.13. The van der Waals surface area contributed by atoms with Gasteiger partial charge < -0.3 is 10.1 Å². The van der Waals surface area contributed by atoms with Gasteiger partial charge in [0.05, 0.1) is 10.9 Å². The van der Waals surface area contributed by atoms with Gasteiger partial charge in [-0.3, -0.25) is 4.79 Å². The van der Waals surface area contributed by atoms with E-state index in [9.17, 15) is 18.0 Å². The standard InChI is InChI=1S/C19H18F3N5O2S/c1-11-5-4-6-12(2)16(11)23-17(28)13(3)30-18-24-25-26-27(18)14-7-9-15(10-8-14)29-19(20,21)22/h4-10,13H,1-3H3,(H,23,28). The third kappa shape index (κ3) is 5.29. The Labute approximate surface area is 174 Å². The van der Waals surface area contributed by atoms with Crippen LogP contribution in [0.25, 0.3) is 5.69 Å². The highest BCUT2D eigenvalue weighted by molar-refractivity contribution is 8.00. The van der Waals surface area contributed by atoms with E-state index in [1.165, 1.54) is 16.8 Å². The molecule has 1 unspecified atom stereocenters. The Morgan fingerprint density at radius 3 is 2.37 bits per heavy atom. The first-order chi connectivity index (χ1) is 14.1. The first kappa shape index (κ1) is 21.6. The largest absolute Gasteiger partial charge is 0.573 e. The Kier molecular flexibility index (Phi) is 6.30. The number of tetrazole rings is 1. The summed E-state index contributed by atoms with van der Waals surface area (Å²) < 4.78 is 42.1. The van der Waals surface area contributed by atoms with Gasteiger partial charge in [-0.1, -0.05) is 30.0 Å². The molecule has 1 heterocycles. The number of carbonyl (C=O) groups is 1. The molecule has 3 rings (SSSR count). The van der Waals surface area contributed by atoms with E-state index in [4.69, 9.17) is 0 Å². The molecule has 2 aromatic carbocycles. The van der Waals surface area contributed by atoms with E-state index < -0.39 is 11.6 Å². The second kappa shape index (κ2) is 8.74. The molecule has 11 heteroatoms. The molecule has 0 spiro atoms. The van der Waals surface area contributed by atoms with Gasteiger partial charge in [0, 0.05) is 5.69 Å². The number of halogens is 3. The maximum atomic E-state index is 12.6. The van der Waals surface area contributed by atoms with Crippen LogP contribution in [0.5, 0.6) is 5.75 Å². The molecule has 1 aromatic heterocycles. The van der Waals surface area contributed by atoms with Crippen molar-refractivity contribution in [3.05, 3.63) is 53.6 Å². The van der Waals surface area contributed by atoms with Crippen molar-refractivity contribution in [2.24, 2.45) is 0 Å². The number of aromatic nitrogens is 4. The summed E-state index contributed by atoms with van der Waals surface area (Å²) in [5.41, 5.74) is 3.09. The average molecular weight is 437 g/mol. The molecule has 1 amide bonds. The first-order valence-corrected chi connectivity index (χ1v) is 9.70. The highest BCUT2D eigenvalue weighted by Gasteiger charge is 2.31. The molecule has 30 heavy (non-hydrogen) atoms. The highest BCUT2D eigenvalue weighted by Crippen LogP contribution is 2.27. The summed E-state index contributed by atoms with van der Waals surface area (Å²) in [6.45, 7) is 5.53. The van der Waals surface area contributed by atoms with Gasteiger partial charge in [-0.05, 0) is 66.6 Å². The predicted molar refractivity (Wildman–Crippen MR) is 106 cm³/mol. The number of para-hydroxylation sites is 1. The molecule has 1 atom stereocenters. The summed E-state index contributed by atoms with van der Waals surface area (Å²) in [5.74, 6) is -0.573. The van der Waals surface area contributed by atoms with Crippen molar-refractivity contribution in [2.45, 2.75) is 37.5 Å². The van der Waals surface area contributed by atoms with Crippen LogP contribution in [0.4, 0.5) is 18.9 Å². The lowest BCUT2D eigenvalue weighted by Gasteiger charge is -2.15. The lowest BCUT2D eigenvalue weighted by atomic mass is 10.1. The number of nitrogens with one attached hydrogen (secondary N) is 1. The maximum absolute atomic E-state index is 12.6. The molecule has 0 saturated carbocycles. The van der Waals surface area contributed by atoms with E-state index in [1.807, 2.05) is 32.0 Å². The van der Waals surface area contributed by atoms with Gasteiger partial charge >= 0.3 is 6.36 Å². The molecule has 3 aromatic rings. The molecule has 0 aliphatic heterocycles. The SMILES string of the molecule is Cc1cccc(C)c1NC(=O)C(C)Sc1nnnn1-c1ccc(OC(F)(F)F)cc1. The summed E-state index contributed by atoms with van der Waals surface area (Å²) in [6.07, 6.45) is -4.77. The molecular formula is C19H18F3N5O2S. The molecular weight excluding hydrogens is 419 g/mol. The Hall–Kier alpha value is -3.08. The van der Waals surface area contributed by atoms with Crippen molar-refractivity contribution in [3.63, 3.8) is 0 Å². The average Bonchev–Trinajstić information content (AvgIpc) is 3.12. The molecule has 0 bridgehead atoms. The van der Waals surface area contributed by atoms with E-state index >= 15 is 0 Å². The van der Waals surface area contributed by atoms with Gasteiger partial charge in [0.15, 0.2) is 0 Å². The normalized spacial score (nSPS) is 12.5. The third-order valence-corrected chi connectivity index (χ3v) is 5.17. The second-order valence-electron chi connectivity index (χ2n) is 6.43. The number of hydrogen-bond acceptors (Lipinski definition) is 6. The molecule has 0 fully saturated rings. The van der Waals surface area contributed by atoms with Crippen molar-refractivity contribution >= 4 is 23.4 Å². The van der Waals surface area contributed by atoms with Crippen LogP contribution in [0.2, 0.25) is 0 Å². The minimum absolute atomic E-state index is 0.221. The van der Waals surface area contributed by atoms with Gasteiger partial charge in [0.1, 0.15) is 5.75 Å². The van der Waals surface area contributed by atoms with Crippen LogP contribution in [0, 0.1) is 13.8 Å². The fraction of sp³-hybridized carbons (Fsp3) is 0.263. The number of hydrogen-bond donors (Lipinski definition) is 1. The van der Waals surface area contributed by atoms with Gasteiger partial charge in [-0.25, -0.2) is 0 Å². The van der Waals surface area contributed by atoms with Crippen LogP contribution in [0.3, 0.4) is 0 Å². The Bertz CT molecular complexity index is 1020. The van der Waals surface area contributed by atoms with Crippen LogP contribution in [0.15, 0.2) is 47.6 Å². The zero-order valence-corrected chi connectivity index (χ0v) is 17.1. The number of thioether (sulfide) groups is 1. The first-order valence-electron chi connectivity index (χ1n) is 8.82. The number of amides is 1. The van der Waals surface area contributed by atoms with Crippen molar-refractivity contribution in [3.8, 4) is 11.4 Å². The quantitative estimate of drug-likeness (QED) is 0.579. The molecule has 158 valence electrons. The van der Waals surface area contributed by atoms with Gasteiger partial charge in [-0.15, -0.1) is 18.3 Å². The van der Waals surface area contributed by atoms with Gasteiger partial charge in [-0.2, -0.15) is 4.68 Å². The number of rotatable bonds is 6. The summed E-state index contributed by atoms with van der Waals surface area (Å²) in [5, 5.41) is 14.1. The van der Waals surface area contributed by atoms with Crippen LogP contribution in [-0.4, -0.2) is 37.7 Å². The summed E-state index contributed by atoms with van der Waals surface area (Å²) in [7, 11) is 0. The smallest absolute Gasteiger partial charge is 0.406 e. The number of nitrogens with zero attached hydrogens (tertiary/aromatic N) is 4. The van der Waals surface area contributed by atoms with E-state index in [2.05, 4.69) is 25.6 Å². The molecule has 0 saturated heterocycles. The minimum Gasteiger partial charge on any atom is -0.406 e. The van der Waals surface area contributed by atoms with Crippen LogP contribution in [-0.2, 0) is 4.79 Å². The second-order valence-corrected chi connectivity index (χ2v) is 7.74. The molecule has 7 nitrogen and oxygen atoms in total.